The minimum absolute atomic E-state index is 0.358. The Balaban J connectivity index is 3.40. The number of benzene rings is 1. The van der Waals surface area contributed by atoms with E-state index in [-0.39, 0.29) is 5.54 Å². The maximum atomic E-state index is 6.10. The molecule has 0 bridgehead atoms. The fourth-order valence-electron chi connectivity index (χ4n) is 1.92. The molecule has 1 aromatic carbocycles. The first kappa shape index (κ1) is 11.1. The molecule has 0 aliphatic carbocycles. The second kappa shape index (κ2) is 3.62. The number of methoxy groups -OCH3 is 1. The van der Waals surface area contributed by atoms with E-state index in [1.54, 1.807) is 7.11 Å². The van der Waals surface area contributed by atoms with Crippen molar-refractivity contribution >= 4 is 0 Å². The molecule has 0 atom stereocenters. The molecule has 2 nitrogen and oxygen atoms in total. The first-order chi connectivity index (χ1) is 6.36. The molecule has 0 saturated heterocycles. The van der Waals surface area contributed by atoms with Crippen LogP contribution < -0.4 is 10.5 Å². The molecule has 0 fully saturated rings. The van der Waals surface area contributed by atoms with Gasteiger partial charge in [0.2, 0.25) is 0 Å². The van der Waals surface area contributed by atoms with Crippen LogP contribution in [0.2, 0.25) is 0 Å². The maximum absolute atomic E-state index is 6.10. The van der Waals surface area contributed by atoms with E-state index in [2.05, 4.69) is 19.9 Å². The molecule has 1 rings (SSSR count). The van der Waals surface area contributed by atoms with Crippen LogP contribution in [0, 0.1) is 13.8 Å². The smallest absolute Gasteiger partial charge is 0.124 e. The zero-order valence-corrected chi connectivity index (χ0v) is 9.64. The van der Waals surface area contributed by atoms with E-state index in [1.807, 2.05) is 19.9 Å². The van der Waals surface area contributed by atoms with Crippen LogP contribution in [0.1, 0.15) is 30.5 Å². The van der Waals surface area contributed by atoms with Gasteiger partial charge in [-0.2, -0.15) is 0 Å². The van der Waals surface area contributed by atoms with Gasteiger partial charge in [-0.25, -0.2) is 0 Å². The molecule has 0 heterocycles. The Labute approximate surface area is 86.1 Å². The van der Waals surface area contributed by atoms with Crippen LogP contribution in [-0.4, -0.2) is 7.11 Å². The highest BCUT2D eigenvalue weighted by molar-refractivity contribution is 5.46. The monoisotopic (exact) mass is 193 g/mol. The lowest BCUT2D eigenvalue weighted by Gasteiger charge is -2.24. The Hall–Kier alpha value is -1.02. The van der Waals surface area contributed by atoms with Gasteiger partial charge in [0.15, 0.2) is 0 Å². The van der Waals surface area contributed by atoms with Gasteiger partial charge in [-0.1, -0.05) is 6.07 Å². The fourth-order valence-corrected chi connectivity index (χ4v) is 1.92. The van der Waals surface area contributed by atoms with Crippen molar-refractivity contribution in [2.24, 2.45) is 5.73 Å². The van der Waals surface area contributed by atoms with E-state index in [1.165, 1.54) is 11.1 Å². The summed E-state index contributed by atoms with van der Waals surface area (Å²) < 4.78 is 5.35. The minimum atomic E-state index is -0.358. The van der Waals surface area contributed by atoms with Crippen molar-refractivity contribution < 1.29 is 4.74 Å². The van der Waals surface area contributed by atoms with E-state index in [0.29, 0.717) is 0 Å². The van der Waals surface area contributed by atoms with Crippen LogP contribution in [0.3, 0.4) is 0 Å². The van der Waals surface area contributed by atoms with Gasteiger partial charge in [0.05, 0.1) is 7.11 Å². The third kappa shape index (κ3) is 2.07. The van der Waals surface area contributed by atoms with E-state index in [4.69, 9.17) is 10.5 Å². The molecule has 14 heavy (non-hydrogen) atoms. The Morgan fingerprint density at radius 3 is 2.21 bits per heavy atom. The van der Waals surface area contributed by atoms with Crippen molar-refractivity contribution in [2.45, 2.75) is 33.2 Å². The molecule has 0 aromatic heterocycles. The van der Waals surface area contributed by atoms with Crippen LogP contribution in [0.4, 0.5) is 0 Å². The van der Waals surface area contributed by atoms with Crippen molar-refractivity contribution in [2.75, 3.05) is 7.11 Å². The summed E-state index contributed by atoms with van der Waals surface area (Å²) in [6.07, 6.45) is 0. The second-order valence-corrected chi connectivity index (χ2v) is 4.38. The molecular weight excluding hydrogens is 174 g/mol. The molecule has 2 heteroatoms. The summed E-state index contributed by atoms with van der Waals surface area (Å²) in [7, 11) is 1.68. The van der Waals surface area contributed by atoms with Crippen molar-refractivity contribution in [3.8, 4) is 5.75 Å². The predicted molar refractivity (Wildman–Crippen MR) is 59.7 cm³/mol. The third-order valence-electron chi connectivity index (χ3n) is 2.31. The lowest BCUT2D eigenvalue weighted by molar-refractivity contribution is 0.393. The first-order valence-electron chi connectivity index (χ1n) is 4.81. The van der Waals surface area contributed by atoms with Crippen LogP contribution in [0.25, 0.3) is 0 Å². The number of nitrogens with two attached hydrogens (primary N) is 1. The summed E-state index contributed by atoms with van der Waals surface area (Å²) in [5, 5.41) is 0. The standard InChI is InChI=1S/C12H19NO/c1-8-6-9(2)11(12(3,4)13)10(7-8)14-5/h6-7H,13H2,1-5H3. The van der Waals surface area contributed by atoms with Crippen molar-refractivity contribution in [3.05, 3.63) is 28.8 Å². The van der Waals surface area contributed by atoms with Gasteiger partial charge in [-0.05, 0) is 44.9 Å². The van der Waals surface area contributed by atoms with Crippen molar-refractivity contribution in [3.63, 3.8) is 0 Å². The van der Waals surface area contributed by atoms with Crippen molar-refractivity contribution in [1.29, 1.82) is 0 Å². The number of rotatable bonds is 2. The van der Waals surface area contributed by atoms with Gasteiger partial charge in [0.25, 0.3) is 0 Å². The van der Waals surface area contributed by atoms with E-state index in [9.17, 15) is 0 Å². The zero-order valence-electron chi connectivity index (χ0n) is 9.64. The zero-order chi connectivity index (χ0) is 10.9. The molecule has 0 unspecified atom stereocenters. The summed E-state index contributed by atoms with van der Waals surface area (Å²) >= 11 is 0. The van der Waals surface area contributed by atoms with Gasteiger partial charge >= 0.3 is 0 Å². The molecule has 0 amide bonds. The highest BCUT2D eigenvalue weighted by Gasteiger charge is 2.21. The van der Waals surface area contributed by atoms with Gasteiger partial charge in [0, 0.05) is 11.1 Å². The predicted octanol–water partition coefficient (Wildman–Crippen LogP) is 2.51. The second-order valence-electron chi connectivity index (χ2n) is 4.38. The largest absolute Gasteiger partial charge is 0.496 e. The normalized spacial score (nSPS) is 11.6. The summed E-state index contributed by atoms with van der Waals surface area (Å²) in [5.41, 5.74) is 9.23. The van der Waals surface area contributed by atoms with Crippen molar-refractivity contribution in [1.82, 2.24) is 0 Å². The molecule has 0 radical (unpaired) electrons. The Morgan fingerprint density at radius 1 is 1.21 bits per heavy atom. The lowest BCUT2D eigenvalue weighted by Crippen LogP contribution is -2.30. The molecule has 2 N–H and O–H groups in total. The molecule has 78 valence electrons. The molecule has 0 aliphatic rings. The van der Waals surface area contributed by atoms with Crippen LogP contribution in [-0.2, 0) is 5.54 Å². The van der Waals surface area contributed by atoms with E-state index < -0.39 is 0 Å². The SMILES string of the molecule is COc1cc(C)cc(C)c1C(C)(C)N. The third-order valence-corrected chi connectivity index (χ3v) is 2.31. The Kier molecular flexibility index (Phi) is 2.86. The average Bonchev–Trinajstić information content (AvgIpc) is 1.99. The number of ether oxygens (including phenoxy) is 1. The first-order valence-corrected chi connectivity index (χ1v) is 4.81. The number of aryl methyl sites for hydroxylation is 2. The molecule has 1 aromatic rings. The van der Waals surface area contributed by atoms with Gasteiger partial charge in [-0.15, -0.1) is 0 Å². The molecule has 0 saturated carbocycles. The fraction of sp³-hybridized carbons (Fsp3) is 0.500. The highest BCUT2D eigenvalue weighted by atomic mass is 16.5. The topological polar surface area (TPSA) is 35.2 Å². The Bertz CT molecular complexity index is 337. The highest BCUT2D eigenvalue weighted by Crippen LogP contribution is 2.31. The van der Waals surface area contributed by atoms with Gasteiger partial charge in [0.1, 0.15) is 5.75 Å². The molecular formula is C12H19NO. The van der Waals surface area contributed by atoms with E-state index in [0.717, 1.165) is 11.3 Å². The summed E-state index contributed by atoms with van der Waals surface area (Å²) in [6.45, 7) is 8.11. The lowest BCUT2D eigenvalue weighted by atomic mass is 9.89. The van der Waals surface area contributed by atoms with Crippen LogP contribution in [0.5, 0.6) is 5.75 Å². The van der Waals surface area contributed by atoms with Gasteiger partial charge < -0.3 is 10.5 Å². The summed E-state index contributed by atoms with van der Waals surface area (Å²) in [4.78, 5) is 0. The molecule has 0 aliphatic heterocycles. The Morgan fingerprint density at radius 2 is 1.79 bits per heavy atom. The summed E-state index contributed by atoms with van der Waals surface area (Å²) in [6, 6.07) is 4.16. The summed E-state index contributed by atoms with van der Waals surface area (Å²) in [5.74, 6) is 0.884. The number of hydrogen-bond donors (Lipinski definition) is 1. The average molecular weight is 193 g/mol. The van der Waals surface area contributed by atoms with Crippen LogP contribution in [0.15, 0.2) is 12.1 Å². The van der Waals surface area contributed by atoms with Crippen LogP contribution >= 0.6 is 0 Å². The maximum Gasteiger partial charge on any atom is 0.124 e. The van der Waals surface area contributed by atoms with Gasteiger partial charge in [-0.3, -0.25) is 0 Å². The quantitative estimate of drug-likeness (QED) is 0.783. The van der Waals surface area contributed by atoms with E-state index >= 15 is 0 Å². The molecule has 0 spiro atoms. The number of hydrogen-bond acceptors (Lipinski definition) is 2. The minimum Gasteiger partial charge on any atom is -0.496 e.